The zero-order valence-corrected chi connectivity index (χ0v) is 18.2. The number of anilines is 6. The zero-order valence-electron chi connectivity index (χ0n) is 18.2. The van der Waals surface area contributed by atoms with Gasteiger partial charge in [0.05, 0.1) is 23.0 Å². The third-order valence-corrected chi connectivity index (χ3v) is 5.90. The van der Waals surface area contributed by atoms with E-state index in [2.05, 4.69) is 31.2 Å². The predicted molar refractivity (Wildman–Crippen MR) is 124 cm³/mol. The molecule has 0 saturated heterocycles. The van der Waals surface area contributed by atoms with Gasteiger partial charge in [0.1, 0.15) is 0 Å². The Hall–Kier alpha value is -4.01. The molecule has 1 aliphatic heterocycles. The highest BCUT2D eigenvalue weighted by molar-refractivity contribution is 6.06. The lowest BCUT2D eigenvalue weighted by molar-refractivity contribution is -0.119. The highest BCUT2D eigenvalue weighted by Gasteiger charge is 2.38. The van der Waals surface area contributed by atoms with Crippen LogP contribution in [-0.4, -0.2) is 21.8 Å². The van der Waals surface area contributed by atoms with Crippen LogP contribution in [0.25, 0.3) is 0 Å². The number of nitrogens with zero attached hydrogens (tertiary/aromatic N) is 2. The molecule has 1 fully saturated rings. The van der Waals surface area contributed by atoms with Crippen LogP contribution in [0.2, 0.25) is 0 Å². The minimum atomic E-state index is -0.633. The molecule has 9 heteroatoms. The lowest BCUT2D eigenvalue weighted by atomic mass is 9.86. The number of aromatic nitrogens is 2. The first-order valence-electron chi connectivity index (χ1n) is 10.7. The summed E-state index contributed by atoms with van der Waals surface area (Å²) in [5, 5.41) is 11.8. The molecule has 2 aromatic carbocycles. The summed E-state index contributed by atoms with van der Waals surface area (Å²) in [6, 6.07) is 12.6. The molecule has 2 aliphatic rings. The first-order valence-corrected chi connectivity index (χ1v) is 10.7. The van der Waals surface area contributed by atoms with E-state index in [0.29, 0.717) is 17.1 Å². The van der Waals surface area contributed by atoms with Crippen molar-refractivity contribution < 1.29 is 14.0 Å². The highest BCUT2D eigenvalue weighted by Crippen LogP contribution is 2.39. The number of benzene rings is 2. The molecule has 0 atom stereocenters. The van der Waals surface area contributed by atoms with Crippen molar-refractivity contribution in [2.45, 2.75) is 32.1 Å². The summed E-state index contributed by atoms with van der Waals surface area (Å²) in [4.78, 5) is 32.6. The Labute approximate surface area is 190 Å². The molecule has 1 aliphatic carbocycles. The Morgan fingerprint density at radius 1 is 1.12 bits per heavy atom. The van der Waals surface area contributed by atoms with Gasteiger partial charge in [-0.05, 0) is 56.5 Å². The van der Waals surface area contributed by atoms with E-state index in [1.165, 1.54) is 0 Å². The van der Waals surface area contributed by atoms with E-state index in [1.807, 2.05) is 26.0 Å². The minimum Gasteiger partial charge on any atom is -0.336 e. The van der Waals surface area contributed by atoms with E-state index in [4.69, 9.17) is 0 Å². The van der Waals surface area contributed by atoms with Crippen molar-refractivity contribution in [3.8, 4) is 0 Å². The number of carbonyl (C=O) groups is 2. The number of amides is 2. The Morgan fingerprint density at radius 3 is 2.64 bits per heavy atom. The second kappa shape index (κ2) is 7.84. The van der Waals surface area contributed by atoms with Crippen LogP contribution in [0.5, 0.6) is 0 Å². The number of nitrogens with one attached hydrogen (secondary N) is 4. The summed E-state index contributed by atoms with van der Waals surface area (Å²) < 4.78 is 14.5. The highest BCUT2D eigenvalue weighted by atomic mass is 19.1. The van der Waals surface area contributed by atoms with Crippen molar-refractivity contribution >= 4 is 46.3 Å². The molecule has 1 saturated carbocycles. The molecule has 33 heavy (non-hydrogen) atoms. The van der Waals surface area contributed by atoms with Crippen molar-refractivity contribution in [3.63, 3.8) is 0 Å². The third kappa shape index (κ3) is 4.09. The van der Waals surface area contributed by atoms with E-state index < -0.39 is 11.2 Å². The van der Waals surface area contributed by atoms with Gasteiger partial charge in [0.25, 0.3) is 0 Å². The van der Waals surface area contributed by atoms with E-state index >= 15 is 0 Å². The van der Waals surface area contributed by atoms with Gasteiger partial charge in [-0.15, -0.1) is 0 Å². The summed E-state index contributed by atoms with van der Waals surface area (Å²) in [5.41, 5.74) is 2.76. The molecule has 0 radical (unpaired) electrons. The van der Waals surface area contributed by atoms with Gasteiger partial charge in [-0.2, -0.15) is 4.98 Å². The molecule has 0 bridgehead atoms. The van der Waals surface area contributed by atoms with Crippen LogP contribution in [0.4, 0.5) is 38.9 Å². The van der Waals surface area contributed by atoms with E-state index in [0.717, 1.165) is 30.3 Å². The van der Waals surface area contributed by atoms with Crippen molar-refractivity contribution in [1.82, 2.24) is 9.97 Å². The summed E-state index contributed by atoms with van der Waals surface area (Å²) in [6.07, 6.45) is 2.85. The van der Waals surface area contributed by atoms with Gasteiger partial charge in [0.15, 0.2) is 11.6 Å². The van der Waals surface area contributed by atoms with Gasteiger partial charge in [0.2, 0.25) is 17.8 Å². The van der Waals surface area contributed by atoms with Crippen molar-refractivity contribution in [2.75, 3.05) is 21.3 Å². The maximum absolute atomic E-state index is 14.5. The van der Waals surface area contributed by atoms with Crippen LogP contribution in [0.1, 0.15) is 32.3 Å². The summed E-state index contributed by atoms with van der Waals surface area (Å²) in [6.45, 7) is 3.74. The van der Waals surface area contributed by atoms with Gasteiger partial charge in [-0.3, -0.25) is 9.59 Å². The number of fused-ring (bicyclic) bond motifs is 1. The Morgan fingerprint density at radius 2 is 1.88 bits per heavy atom. The third-order valence-electron chi connectivity index (χ3n) is 5.90. The average Bonchev–Trinajstić information content (AvgIpc) is 3.60. The number of hydrogen-bond donors (Lipinski definition) is 4. The number of para-hydroxylation sites is 2. The van der Waals surface area contributed by atoms with Crippen LogP contribution in [-0.2, 0) is 15.0 Å². The lowest BCUT2D eigenvalue weighted by Crippen LogP contribution is -2.26. The number of carbonyl (C=O) groups excluding carboxylic acids is 2. The molecule has 3 aromatic rings. The Bertz CT molecular complexity index is 1270. The SMILES string of the molecule is CC1(C)C(=O)Nc2cc(Nc3ncc(F)c(Nc4ccccc4NC(=O)C4CC4)n3)ccc21. The Kier molecular flexibility index (Phi) is 4.96. The van der Waals surface area contributed by atoms with Crippen LogP contribution < -0.4 is 21.3 Å². The van der Waals surface area contributed by atoms with Crippen LogP contribution in [0.15, 0.2) is 48.7 Å². The molecule has 0 unspecified atom stereocenters. The van der Waals surface area contributed by atoms with Crippen LogP contribution in [0, 0.1) is 11.7 Å². The maximum atomic E-state index is 14.5. The fraction of sp³-hybridized carbons (Fsp3) is 0.250. The van der Waals surface area contributed by atoms with Gasteiger partial charge < -0.3 is 21.3 Å². The van der Waals surface area contributed by atoms with Crippen molar-refractivity contribution in [2.24, 2.45) is 5.92 Å². The topological polar surface area (TPSA) is 108 Å². The first kappa shape index (κ1) is 20.9. The maximum Gasteiger partial charge on any atom is 0.234 e. The molecule has 1 aromatic heterocycles. The van der Waals surface area contributed by atoms with E-state index in [1.54, 1.807) is 30.3 Å². The fourth-order valence-electron chi connectivity index (χ4n) is 3.72. The van der Waals surface area contributed by atoms with Crippen molar-refractivity contribution in [1.29, 1.82) is 0 Å². The van der Waals surface area contributed by atoms with Gasteiger partial charge in [-0.1, -0.05) is 18.2 Å². The molecule has 0 spiro atoms. The minimum absolute atomic E-state index is 0.0313. The molecule has 4 N–H and O–H groups in total. The first-order chi connectivity index (χ1) is 15.8. The van der Waals surface area contributed by atoms with E-state index in [9.17, 15) is 14.0 Å². The fourth-order valence-corrected chi connectivity index (χ4v) is 3.72. The number of rotatable bonds is 6. The second-order valence-electron chi connectivity index (χ2n) is 8.79. The standard InChI is InChI=1S/C24H23FN6O2/c1-24(2)15-10-9-14(11-19(15)30-22(24)33)27-23-26-12-16(25)20(31-23)28-17-5-3-4-6-18(17)29-21(32)13-7-8-13/h3-6,9-13H,7-8H2,1-2H3,(H,29,32)(H,30,33)(H2,26,27,28,31). The molecular weight excluding hydrogens is 423 g/mol. The molecule has 8 nitrogen and oxygen atoms in total. The molecule has 5 rings (SSSR count). The molecule has 2 heterocycles. The monoisotopic (exact) mass is 446 g/mol. The smallest absolute Gasteiger partial charge is 0.234 e. The molecule has 168 valence electrons. The summed E-state index contributed by atoms with van der Waals surface area (Å²) >= 11 is 0. The molecule has 2 amide bonds. The number of hydrogen-bond acceptors (Lipinski definition) is 6. The number of halogens is 1. The van der Waals surface area contributed by atoms with E-state index in [-0.39, 0.29) is 29.5 Å². The van der Waals surface area contributed by atoms with Crippen LogP contribution in [0.3, 0.4) is 0 Å². The second-order valence-corrected chi connectivity index (χ2v) is 8.79. The summed E-state index contributed by atoms with van der Waals surface area (Å²) in [7, 11) is 0. The van der Waals surface area contributed by atoms with Gasteiger partial charge in [-0.25, -0.2) is 9.37 Å². The quantitative estimate of drug-likeness (QED) is 0.438. The average molecular weight is 446 g/mol. The Balaban J connectivity index is 1.36. The van der Waals surface area contributed by atoms with Gasteiger partial charge in [0, 0.05) is 17.3 Å². The van der Waals surface area contributed by atoms with Gasteiger partial charge >= 0.3 is 0 Å². The van der Waals surface area contributed by atoms with Crippen LogP contribution >= 0.6 is 0 Å². The predicted octanol–water partition coefficient (Wildman–Crippen LogP) is 4.68. The van der Waals surface area contributed by atoms with Crippen molar-refractivity contribution in [3.05, 3.63) is 60.0 Å². The normalized spacial score (nSPS) is 16.0. The molecular formula is C24H23FN6O2. The zero-order chi connectivity index (χ0) is 23.2. The largest absolute Gasteiger partial charge is 0.336 e. The lowest BCUT2D eigenvalue weighted by Gasteiger charge is -2.15. The summed E-state index contributed by atoms with van der Waals surface area (Å²) in [5.74, 6) is -0.537.